The molecule has 2 heterocycles. The van der Waals surface area contributed by atoms with E-state index in [0.29, 0.717) is 30.8 Å². The summed E-state index contributed by atoms with van der Waals surface area (Å²) in [5, 5.41) is 2.52. The van der Waals surface area contributed by atoms with Gasteiger partial charge in [0.2, 0.25) is 11.8 Å². The Morgan fingerprint density at radius 3 is 2.42 bits per heavy atom. The van der Waals surface area contributed by atoms with Crippen LogP contribution in [0.4, 0.5) is 4.79 Å². The SMILES string of the molecule is Cc1ccc(/C=C2/SC(=O)N(CCNC(=O)C3CCN(C(=O)C(C)C)CC3)C2=O)cc1. The quantitative estimate of drug-likeness (QED) is 0.683. The zero-order chi connectivity index (χ0) is 22.5. The van der Waals surface area contributed by atoms with E-state index < -0.39 is 0 Å². The van der Waals surface area contributed by atoms with Crippen LogP contribution < -0.4 is 5.32 Å². The first-order valence-corrected chi connectivity index (χ1v) is 11.5. The van der Waals surface area contributed by atoms with Crippen molar-refractivity contribution in [1.29, 1.82) is 0 Å². The third-order valence-electron chi connectivity index (χ3n) is 5.55. The summed E-state index contributed by atoms with van der Waals surface area (Å²) in [6, 6.07) is 7.72. The predicted molar refractivity (Wildman–Crippen MR) is 121 cm³/mol. The lowest BCUT2D eigenvalue weighted by Gasteiger charge is -2.32. The number of nitrogens with zero attached hydrogens (tertiary/aromatic N) is 2. The standard InChI is InChI=1S/C23H29N3O4S/c1-15(2)21(28)25-11-8-18(9-12-25)20(27)24-10-13-26-22(29)19(31-23(26)30)14-17-6-4-16(3)5-7-17/h4-7,14-15,18H,8-13H2,1-3H3,(H,24,27)/b19-14+. The predicted octanol–water partition coefficient (Wildman–Crippen LogP) is 3.04. The van der Waals surface area contributed by atoms with Crippen molar-refractivity contribution < 1.29 is 19.2 Å². The number of thioether (sulfide) groups is 1. The number of rotatable bonds is 6. The molecular formula is C23H29N3O4S. The molecular weight excluding hydrogens is 414 g/mol. The molecule has 166 valence electrons. The van der Waals surface area contributed by atoms with Crippen LogP contribution in [0.25, 0.3) is 6.08 Å². The number of amides is 4. The molecule has 2 aliphatic heterocycles. The Morgan fingerprint density at radius 1 is 1.16 bits per heavy atom. The van der Waals surface area contributed by atoms with E-state index in [0.717, 1.165) is 22.9 Å². The second-order valence-electron chi connectivity index (χ2n) is 8.29. The van der Waals surface area contributed by atoms with Crippen molar-refractivity contribution >= 4 is 40.8 Å². The molecule has 0 aliphatic carbocycles. The average Bonchev–Trinajstić information content (AvgIpc) is 3.02. The second kappa shape index (κ2) is 10.1. The highest BCUT2D eigenvalue weighted by atomic mass is 32.2. The minimum absolute atomic E-state index is 0.0382. The van der Waals surface area contributed by atoms with Crippen molar-refractivity contribution in [3.63, 3.8) is 0 Å². The van der Waals surface area contributed by atoms with E-state index in [1.807, 2.05) is 49.9 Å². The third-order valence-corrected chi connectivity index (χ3v) is 6.46. The van der Waals surface area contributed by atoms with Gasteiger partial charge in [-0.2, -0.15) is 0 Å². The fraction of sp³-hybridized carbons (Fsp3) is 0.478. The first-order valence-electron chi connectivity index (χ1n) is 10.6. The van der Waals surface area contributed by atoms with Gasteiger partial charge in [0.05, 0.1) is 4.91 Å². The molecule has 0 unspecified atom stereocenters. The summed E-state index contributed by atoms with van der Waals surface area (Å²) < 4.78 is 0. The van der Waals surface area contributed by atoms with Crippen LogP contribution in [0.3, 0.4) is 0 Å². The van der Waals surface area contributed by atoms with E-state index in [9.17, 15) is 19.2 Å². The summed E-state index contributed by atoms with van der Waals surface area (Å²) in [7, 11) is 0. The lowest BCUT2D eigenvalue weighted by atomic mass is 9.95. The largest absolute Gasteiger partial charge is 0.354 e. The molecule has 0 aromatic heterocycles. The minimum Gasteiger partial charge on any atom is -0.354 e. The fourth-order valence-electron chi connectivity index (χ4n) is 3.67. The van der Waals surface area contributed by atoms with E-state index in [1.54, 1.807) is 6.08 Å². The Kier molecular flexibility index (Phi) is 7.54. The van der Waals surface area contributed by atoms with E-state index in [4.69, 9.17) is 0 Å². The van der Waals surface area contributed by atoms with Crippen LogP contribution >= 0.6 is 11.8 Å². The van der Waals surface area contributed by atoms with Crippen LogP contribution in [0.5, 0.6) is 0 Å². The normalized spacial score (nSPS) is 18.9. The molecule has 7 nitrogen and oxygen atoms in total. The Hall–Kier alpha value is -2.61. The molecule has 0 bridgehead atoms. The Bertz CT molecular complexity index is 887. The van der Waals surface area contributed by atoms with Crippen LogP contribution in [0.1, 0.15) is 37.8 Å². The fourth-order valence-corrected chi connectivity index (χ4v) is 4.53. The summed E-state index contributed by atoms with van der Waals surface area (Å²) >= 11 is 0.921. The molecule has 3 rings (SSSR count). The molecule has 2 aliphatic rings. The number of likely N-dealkylation sites (tertiary alicyclic amines) is 1. The van der Waals surface area contributed by atoms with Gasteiger partial charge in [0.1, 0.15) is 0 Å². The molecule has 0 saturated carbocycles. The number of nitrogens with one attached hydrogen (secondary N) is 1. The molecule has 1 aromatic rings. The van der Waals surface area contributed by atoms with Crippen LogP contribution in [-0.2, 0) is 14.4 Å². The van der Waals surface area contributed by atoms with E-state index in [-0.39, 0.29) is 47.9 Å². The van der Waals surface area contributed by atoms with Crippen molar-refractivity contribution in [2.45, 2.75) is 33.6 Å². The monoisotopic (exact) mass is 443 g/mol. The molecule has 0 atom stereocenters. The topological polar surface area (TPSA) is 86.8 Å². The Balaban J connectivity index is 1.46. The maximum atomic E-state index is 12.6. The van der Waals surface area contributed by atoms with Gasteiger partial charge in [0.25, 0.3) is 11.1 Å². The number of hydrogen-bond donors (Lipinski definition) is 1. The molecule has 1 aromatic carbocycles. The summed E-state index contributed by atoms with van der Waals surface area (Å²) in [6.07, 6.45) is 2.98. The lowest BCUT2D eigenvalue weighted by molar-refractivity contribution is -0.138. The number of piperidine rings is 1. The summed E-state index contributed by atoms with van der Waals surface area (Å²) in [6.45, 7) is 7.28. The number of benzene rings is 1. The zero-order valence-electron chi connectivity index (χ0n) is 18.2. The van der Waals surface area contributed by atoms with Crippen molar-refractivity contribution in [2.75, 3.05) is 26.2 Å². The van der Waals surface area contributed by atoms with Gasteiger partial charge < -0.3 is 10.2 Å². The Morgan fingerprint density at radius 2 is 1.81 bits per heavy atom. The van der Waals surface area contributed by atoms with Crippen LogP contribution in [0, 0.1) is 18.8 Å². The van der Waals surface area contributed by atoms with E-state index >= 15 is 0 Å². The molecule has 0 spiro atoms. The van der Waals surface area contributed by atoms with Gasteiger partial charge in [0.15, 0.2) is 0 Å². The first kappa shape index (κ1) is 23.1. The van der Waals surface area contributed by atoms with Crippen molar-refractivity contribution in [1.82, 2.24) is 15.1 Å². The number of aryl methyl sites for hydroxylation is 1. The number of carbonyl (C=O) groups is 4. The lowest BCUT2D eigenvalue weighted by Crippen LogP contribution is -2.45. The van der Waals surface area contributed by atoms with Crippen LogP contribution in [0.15, 0.2) is 29.2 Å². The van der Waals surface area contributed by atoms with Gasteiger partial charge in [0, 0.05) is 38.0 Å². The molecule has 1 N–H and O–H groups in total. The highest BCUT2D eigenvalue weighted by Crippen LogP contribution is 2.32. The zero-order valence-corrected chi connectivity index (χ0v) is 19.0. The number of carbonyl (C=O) groups excluding carboxylic acids is 4. The smallest absolute Gasteiger partial charge is 0.293 e. The molecule has 4 amide bonds. The highest BCUT2D eigenvalue weighted by Gasteiger charge is 2.35. The summed E-state index contributed by atoms with van der Waals surface area (Å²) in [5.74, 6) is -0.475. The van der Waals surface area contributed by atoms with Crippen LogP contribution in [0.2, 0.25) is 0 Å². The van der Waals surface area contributed by atoms with Gasteiger partial charge >= 0.3 is 0 Å². The molecule has 0 radical (unpaired) electrons. The van der Waals surface area contributed by atoms with Crippen molar-refractivity contribution in [3.8, 4) is 0 Å². The van der Waals surface area contributed by atoms with Gasteiger partial charge in [-0.1, -0.05) is 43.7 Å². The molecule has 2 saturated heterocycles. The number of hydrogen-bond acceptors (Lipinski definition) is 5. The summed E-state index contributed by atoms with van der Waals surface area (Å²) in [5.41, 5.74) is 1.99. The molecule has 8 heteroatoms. The van der Waals surface area contributed by atoms with Crippen molar-refractivity contribution in [3.05, 3.63) is 40.3 Å². The van der Waals surface area contributed by atoms with Gasteiger partial charge in [-0.25, -0.2) is 0 Å². The van der Waals surface area contributed by atoms with Gasteiger partial charge in [-0.15, -0.1) is 0 Å². The molecule has 2 fully saturated rings. The Labute approximate surface area is 187 Å². The maximum absolute atomic E-state index is 12.6. The highest BCUT2D eigenvalue weighted by molar-refractivity contribution is 8.18. The third kappa shape index (κ3) is 5.76. The minimum atomic E-state index is -0.328. The van der Waals surface area contributed by atoms with E-state index in [1.165, 1.54) is 4.90 Å². The van der Waals surface area contributed by atoms with Gasteiger partial charge in [-0.3, -0.25) is 24.1 Å². The van der Waals surface area contributed by atoms with Crippen molar-refractivity contribution in [2.24, 2.45) is 11.8 Å². The first-order chi connectivity index (χ1) is 14.8. The van der Waals surface area contributed by atoms with Crippen LogP contribution in [-0.4, -0.2) is 58.9 Å². The number of imide groups is 1. The summed E-state index contributed by atoms with van der Waals surface area (Å²) in [4.78, 5) is 52.7. The second-order valence-corrected chi connectivity index (χ2v) is 9.28. The maximum Gasteiger partial charge on any atom is 0.293 e. The molecule has 31 heavy (non-hydrogen) atoms. The average molecular weight is 444 g/mol. The van der Waals surface area contributed by atoms with Gasteiger partial charge in [-0.05, 0) is 43.2 Å². The van der Waals surface area contributed by atoms with E-state index in [2.05, 4.69) is 5.32 Å².